The molecule has 0 aliphatic carbocycles. The molecule has 0 saturated heterocycles. The molecule has 0 bridgehead atoms. The van der Waals surface area contributed by atoms with E-state index in [1.165, 1.54) is 4.90 Å². The van der Waals surface area contributed by atoms with Crippen LogP contribution in [0, 0.1) is 5.41 Å². The predicted octanol–water partition coefficient (Wildman–Crippen LogP) is 5.87. The van der Waals surface area contributed by atoms with E-state index >= 15 is 0 Å². The number of ether oxygens (including phenoxy) is 1. The van der Waals surface area contributed by atoms with Gasteiger partial charge in [0.1, 0.15) is 12.4 Å². The highest BCUT2D eigenvalue weighted by Gasteiger charge is 2.47. The van der Waals surface area contributed by atoms with E-state index in [9.17, 15) is 14.7 Å². The van der Waals surface area contributed by atoms with Gasteiger partial charge in [-0.1, -0.05) is 51.1 Å². The second-order valence-electron chi connectivity index (χ2n) is 10.2. The topological polar surface area (TPSA) is 70.1 Å². The Labute approximate surface area is 216 Å². The zero-order chi connectivity index (χ0) is 26.0. The Kier molecular flexibility index (Phi) is 7.33. The van der Waals surface area contributed by atoms with Crippen LogP contribution in [0.2, 0.25) is 0 Å². The normalized spacial score (nSPS) is 16.2. The van der Waals surface area contributed by atoms with Crippen molar-refractivity contribution in [3.8, 4) is 16.9 Å². The first-order chi connectivity index (χ1) is 17.1. The lowest BCUT2D eigenvalue weighted by Crippen LogP contribution is -2.33. The van der Waals surface area contributed by atoms with Crippen LogP contribution in [0.4, 0.5) is 5.69 Å². The number of hydrogen-bond donors (Lipinski definition) is 1. The molecule has 1 N–H and O–H groups in total. The maximum absolute atomic E-state index is 13.6. The number of amides is 1. The van der Waals surface area contributed by atoms with Crippen molar-refractivity contribution in [2.75, 3.05) is 32.1 Å². The molecular formula is C29H32N2O4S. The van der Waals surface area contributed by atoms with E-state index in [2.05, 4.69) is 5.38 Å². The largest absolute Gasteiger partial charge is 0.503 e. The fourth-order valence-corrected chi connectivity index (χ4v) is 4.89. The number of rotatable bonds is 8. The Morgan fingerprint density at radius 3 is 2.36 bits per heavy atom. The molecule has 7 heteroatoms. The summed E-state index contributed by atoms with van der Waals surface area (Å²) in [4.78, 5) is 30.6. The van der Waals surface area contributed by atoms with Crippen LogP contribution in [-0.4, -0.2) is 48.9 Å². The quantitative estimate of drug-likeness (QED) is 0.415. The van der Waals surface area contributed by atoms with Crippen LogP contribution in [0.5, 0.6) is 5.75 Å². The molecule has 36 heavy (non-hydrogen) atoms. The lowest BCUT2D eigenvalue weighted by atomic mass is 9.82. The van der Waals surface area contributed by atoms with Crippen molar-refractivity contribution in [2.45, 2.75) is 26.8 Å². The molecule has 1 aliphatic rings. The number of Topliss-reactive ketones (excluding diaryl/α,β-unsaturated/α-hetero) is 1. The standard InChI is InChI=1S/C29H32N2O4S/c1-29(2,3)27(33)24-25(22-8-6-7-9-23(22)35-16-15-30(4)5)31(28(34)26(24)32)21-12-10-19(11-13-21)20-14-17-36-18-20/h6-14,17-18,25,32H,15-16H2,1-5H3. The Morgan fingerprint density at radius 2 is 1.75 bits per heavy atom. The monoisotopic (exact) mass is 504 g/mol. The second kappa shape index (κ2) is 10.3. The third-order valence-electron chi connectivity index (χ3n) is 6.14. The summed E-state index contributed by atoms with van der Waals surface area (Å²) >= 11 is 1.62. The van der Waals surface area contributed by atoms with Gasteiger partial charge in [-0.05, 0) is 60.2 Å². The van der Waals surface area contributed by atoms with Crippen LogP contribution in [0.1, 0.15) is 32.4 Å². The van der Waals surface area contributed by atoms with Crippen LogP contribution >= 0.6 is 11.3 Å². The van der Waals surface area contributed by atoms with E-state index in [4.69, 9.17) is 4.74 Å². The van der Waals surface area contributed by atoms with Gasteiger partial charge in [-0.15, -0.1) is 0 Å². The molecule has 1 aromatic heterocycles. The fraction of sp³-hybridized carbons (Fsp3) is 0.310. The summed E-state index contributed by atoms with van der Waals surface area (Å²) in [5.74, 6) is -0.811. The summed E-state index contributed by atoms with van der Waals surface area (Å²) in [6.45, 7) is 6.51. The zero-order valence-corrected chi connectivity index (χ0v) is 22.1. The van der Waals surface area contributed by atoms with Gasteiger partial charge in [0, 0.05) is 23.2 Å². The van der Waals surface area contributed by atoms with Crippen molar-refractivity contribution < 1.29 is 19.4 Å². The van der Waals surface area contributed by atoms with Crippen LogP contribution in [0.25, 0.3) is 11.1 Å². The molecular weight excluding hydrogens is 472 g/mol. The number of hydrogen-bond acceptors (Lipinski definition) is 6. The summed E-state index contributed by atoms with van der Waals surface area (Å²) in [6.07, 6.45) is 0. The number of aliphatic hydroxyl groups excluding tert-OH is 1. The SMILES string of the molecule is CN(C)CCOc1ccccc1C1C(C(=O)C(C)(C)C)=C(O)C(=O)N1c1ccc(-c2ccsc2)cc1. The van der Waals surface area contributed by atoms with Gasteiger partial charge in [0.25, 0.3) is 5.91 Å². The van der Waals surface area contributed by atoms with Gasteiger partial charge < -0.3 is 14.7 Å². The summed E-state index contributed by atoms with van der Waals surface area (Å²) in [6, 6.07) is 16.2. The zero-order valence-electron chi connectivity index (χ0n) is 21.3. The number of carbonyl (C=O) groups is 2. The molecule has 3 aromatic rings. The minimum atomic E-state index is -0.813. The van der Waals surface area contributed by atoms with Gasteiger partial charge in [0.15, 0.2) is 11.5 Å². The summed E-state index contributed by atoms with van der Waals surface area (Å²) in [5.41, 5.74) is 2.68. The fourth-order valence-electron chi connectivity index (χ4n) is 4.22. The highest BCUT2D eigenvalue weighted by Crippen LogP contribution is 2.46. The molecule has 1 aliphatic heterocycles. The van der Waals surface area contributed by atoms with Crippen LogP contribution in [-0.2, 0) is 9.59 Å². The maximum Gasteiger partial charge on any atom is 0.294 e. The Morgan fingerprint density at radius 1 is 1.06 bits per heavy atom. The second-order valence-corrected chi connectivity index (χ2v) is 10.9. The van der Waals surface area contributed by atoms with Gasteiger partial charge >= 0.3 is 0 Å². The molecule has 188 valence electrons. The molecule has 1 atom stereocenters. The van der Waals surface area contributed by atoms with Crippen molar-refractivity contribution in [1.29, 1.82) is 0 Å². The molecule has 0 spiro atoms. The van der Waals surface area contributed by atoms with Gasteiger partial charge in [0.05, 0.1) is 11.6 Å². The number of thiophene rings is 1. The molecule has 0 radical (unpaired) electrons. The van der Waals surface area contributed by atoms with Gasteiger partial charge in [-0.2, -0.15) is 11.3 Å². The average molecular weight is 505 g/mol. The van der Waals surface area contributed by atoms with E-state index in [1.807, 2.05) is 79.0 Å². The third-order valence-corrected chi connectivity index (χ3v) is 6.83. The van der Waals surface area contributed by atoms with Crippen molar-refractivity contribution in [2.24, 2.45) is 5.41 Å². The number of carbonyl (C=O) groups excluding carboxylic acids is 2. The number of anilines is 1. The van der Waals surface area contributed by atoms with Crippen LogP contribution < -0.4 is 9.64 Å². The van der Waals surface area contributed by atoms with Crippen molar-refractivity contribution >= 4 is 28.7 Å². The number of ketones is 1. The summed E-state index contributed by atoms with van der Waals surface area (Å²) < 4.78 is 6.10. The lowest BCUT2D eigenvalue weighted by Gasteiger charge is -2.30. The van der Waals surface area contributed by atoms with E-state index in [1.54, 1.807) is 32.1 Å². The number of benzene rings is 2. The Balaban J connectivity index is 1.81. The molecule has 2 heterocycles. The third kappa shape index (κ3) is 5.08. The van der Waals surface area contributed by atoms with Crippen LogP contribution in [0.15, 0.2) is 76.7 Å². The molecule has 0 fully saturated rings. The predicted molar refractivity (Wildman–Crippen MR) is 145 cm³/mol. The summed E-state index contributed by atoms with van der Waals surface area (Å²) in [7, 11) is 3.93. The smallest absolute Gasteiger partial charge is 0.294 e. The number of likely N-dealkylation sites (N-methyl/N-ethyl adjacent to an activating group) is 1. The van der Waals surface area contributed by atoms with Gasteiger partial charge in [0.2, 0.25) is 0 Å². The van der Waals surface area contributed by atoms with E-state index in [0.717, 1.165) is 11.1 Å². The van der Waals surface area contributed by atoms with Crippen molar-refractivity contribution in [3.05, 3.63) is 82.3 Å². The van der Waals surface area contributed by atoms with E-state index < -0.39 is 23.1 Å². The molecule has 1 amide bonds. The van der Waals surface area contributed by atoms with Crippen molar-refractivity contribution in [3.63, 3.8) is 0 Å². The first-order valence-corrected chi connectivity index (χ1v) is 12.8. The van der Waals surface area contributed by atoms with Crippen LogP contribution in [0.3, 0.4) is 0 Å². The molecule has 1 unspecified atom stereocenters. The molecule has 4 rings (SSSR count). The van der Waals surface area contributed by atoms with E-state index in [-0.39, 0.29) is 11.4 Å². The first kappa shape index (κ1) is 25.7. The molecule has 6 nitrogen and oxygen atoms in total. The summed E-state index contributed by atoms with van der Waals surface area (Å²) in [5, 5.41) is 15.1. The minimum absolute atomic E-state index is 0.0954. The maximum atomic E-state index is 13.6. The van der Waals surface area contributed by atoms with Gasteiger partial charge in [-0.3, -0.25) is 14.5 Å². The van der Waals surface area contributed by atoms with E-state index in [0.29, 0.717) is 30.2 Å². The van der Waals surface area contributed by atoms with Crippen molar-refractivity contribution in [1.82, 2.24) is 4.90 Å². The molecule has 2 aromatic carbocycles. The highest BCUT2D eigenvalue weighted by molar-refractivity contribution is 7.08. The minimum Gasteiger partial charge on any atom is -0.503 e. The first-order valence-electron chi connectivity index (χ1n) is 11.9. The number of nitrogens with zero attached hydrogens (tertiary/aromatic N) is 2. The Hall–Kier alpha value is -3.42. The molecule has 0 saturated carbocycles. The lowest BCUT2D eigenvalue weighted by molar-refractivity contribution is -0.123. The van der Waals surface area contributed by atoms with Gasteiger partial charge in [-0.25, -0.2) is 0 Å². The average Bonchev–Trinajstić information content (AvgIpc) is 3.46. The number of para-hydroxylation sites is 1. The highest BCUT2D eigenvalue weighted by atomic mass is 32.1. The Bertz CT molecular complexity index is 1270. The number of aliphatic hydroxyl groups is 1.